The van der Waals surface area contributed by atoms with Crippen LogP contribution < -0.4 is 4.90 Å². The molecule has 1 aromatic heterocycles. The second-order valence-electron chi connectivity index (χ2n) is 5.20. The van der Waals surface area contributed by atoms with Gasteiger partial charge in [-0.25, -0.2) is 4.98 Å². The number of imidazole rings is 1. The lowest BCUT2D eigenvalue weighted by Gasteiger charge is -2.29. The SMILES string of the molecule is CCc1nccn1Cc1ccc(N2CCOCC2)cc1Br. The largest absolute Gasteiger partial charge is 0.378 e. The van der Waals surface area contributed by atoms with Crippen LogP contribution in [0, 0.1) is 0 Å². The fraction of sp³-hybridized carbons (Fsp3) is 0.438. The van der Waals surface area contributed by atoms with Gasteiger partial charge in [0.2, 0.25) is 0 Å². The van der Waals surface area contributed by atoms with Gasteiger partial charge in [0, 0.05) is 48.6 Å². The van der Waals surface area contributed by atoms with Crippen LogP contribution in [-0.2, 0) is 17.7 Å². The maximum Gasteiger partial charge on any atom is 0.108 e. The number of hydrogen-bond acceptors (Lipinski definition) is 3. The smallest absolute Gasteiger partial charge is 0.108 e. The summed E-state index contributed by atoms with van der Waals surface area (Å²) in [5, 5.41) is 0. The Labute approximate surface area is 133 Å². The van der Waals surface area contributed by atoms with Crippen molar-refractivity contribution < 1.29 is 4.74 Å². The highest BCUT2D eigenvalue weighted by atomic mass is 79.9. The van der Waals surface area contributed by atoms with Crippen LogP contribution in [0.4, 0.5) is 5.69 Å². The van der Waals surface area contributed by atoms with Gasteiger partial charge >= 0.3 is 0 Å². The summed E-state index contributed by atoms with van der Waals surface area (Å²) in [6.45, 7) is 6.55. The van der Waals surface area contributed by atoms with Crippen molar-refractivity contribution in [3.8, 4) is 0 Å². The number of aryl methyl sites for hydroxylation is 1. The Morgan fingerprint density at radius 1 is 1.29 bits per heavy atom. The topological polar surface area (TPSA) is 30.3 Å². The van der Waals surface area contributed by atoms with E-state index in [0.29, 0.717) is 0 Å². The Morgan fingerprint density at radius 2 is 2.10 bits per heavy atom. The van der Waals surface area contributed by atoms with Crippen LogP contribution in [0.2, 0.25) is 0 Å². The molecule has 0 N–H and O–H groups in total. The van der Waals surface area contributed by atoms with Crippen LogP contribution in [-0.4, -0.2) is 35.9 Å². The van der Waals surface area contributed by atoms with Crippen molar-refractivity contribution in [2.45, 2.75) is 19.9 Å². The molecule has 1 aliphatic heterocycles. The predicted octanol–water partition coefficient (Wildman–Crippen LogP) is 3.09. The molecule has 1 aromatic carbocycles. The van der Waals surface area contributed by atoms with E-state index in [0.717, 1.165) is 49.6 Å². The highest BCUT2D eigenvalue weighted by Crippen LogP contribution is 2.25. The van der Waals surface area contributed by atoms with Crippen LogP contribution in [0.1, 0.15) is 18.3 Å². The van der Waals surface area contributed by atoms with Crippen molar-refractivity contribution in [1.82, 2.24) is 9.55 Å². The molecule has 4 nitrogen and oxygen atoms in total. The van der Waals surface area contributed by atoms with Crippen LogP contribution in [0.5, 0.6) is 0 Å². The van der Waals surface area contributed by atoms with E-state index in [2.05, 4.69) is 55.5 Å². The maximum absolute atomic E-state index is 5.41. The summed E-state index contributed by atoms with van der Waals surface area (Å²) in [4.78, 5) is 6.74. The molecule has 3 rings (SSSR count). The maximum atomic E-state index is 5.41. The van der Waals surface area contributed by atoms with Gasteiger partial charge in [-0.1, -0.05) is 28.9 Å². The Bertz CT molecular complexity index is 605. The van der Waals surface area contributed by atoms with E-state index >= 15 is 0 Å². The summed E-state index contributed by atoms with van der Waals surface area (Å²) in [6.07, 6.45) is 4.87. The Balaban J connectivity index is 1.78. The van der Waals surface area contributed by atoms with Gasteiger partial charge in [-0.15, -0.1) is 0 Å². The molecule has 0 amide bonds. The van der Waals surface area contributed by atoms with Crippen molar-refractivity contribution in [1.29, 1.82) is 0 Å². The Kier molecular flexibility index (Phi) is 4.60. The molecule has 0 bridgehead atoms. The molecule has 1 aliphatic rings. The fourth-order valence-corrected chi connectivity index (χ4v) is 3.16. The molecule has 1 saturated heterocycles. The molecular formula is C16H20BrN3O. The first-order valence-corrected chi connectivity index (χ1v) is 8.18. The second-order valence-corrected chi connectivity index (χ2v) is 6.05. The lowest BCUT2D eigenvalue weighted by atomic mass is 10.2. The average molecular weight is 350 g/mol. The third kappa shape index (κ3) is 3.30. The minimum atomic E-state index is 0.814. The number of anilines is 1. The van der Waals surface area contributed by atoms with Gasteiger partial charge in [0.05, 0.1) is 13.2 Å². The summed E-state index contributed by atoms with van der Waals surface area (Å²) in [5.41, 5.74) is 2.54. The zero-order valence-corrected chi connectivity index (χ0v) is 13.8. The quantitative estimate of drug-likeness (QED) is 0.849. The number of nitrogens with zero attached hydrogens (tertiary/aromatic N) is 3. The van der Waals surface area contributed by atoms with Crippen LogP contribution in [0.15, 0.2) is 35.1 Å². The van der Waals surface area contributed by atoms with E-state index in [1.807, 2.05) is 12.4 Å². The predicted molar refractivity (Wildman–Crippen MR) is 87.9 cm³/mol. The highest BCUT2D eigenvalue weighted by molar-refractivity contribution is 9.10. The van der Waals surface area contributed by atoms with Gasteiger partial charge in [-0.05, 0) is 17.7 Å². The van der Waals surface area contributed by atoms with Gasteiger partial charge < -0.3 is 14.2 Å². The average Bonchev–Trinajstić information content (AvgIpc) is 2.97. The minimum absolute atomic E-state index is 0.814. The van der Waals surface area contributed by atoms with Crippen molar-refractivity contribution in [3.63, 3.8) is 0 Å². The lowest BCUT2D eigenvalue weighted by Crippen LogP contribution is -2.36. The first-order valence-electron chi connectivity index (χ1n) is 7.39. The first-order chi connectivity index (χ1) is 10.3. The summed E-state index contributed by atoms with van der Waals surface area (Å²) in [7, 11) is 0. The Hall–Kier alpha value is -1.33. The van der Waals surface area contributed by atoms with Gasteiger partial charge in [0.15, 0.2) is 0 Å². The number of morpholine rings is 1. The van der Waals surface area contributed by atoms with E-state index in [4.69, 9.17) is 4.74 Å². The number of halogens is 1. The number of aromatic nitrogens is 2. The van der Waals surface area contributed by atoms with Crippen LogP contribution in [0.3, 0.4) is 0 Å². The van der Waals surface area contributed by atoms with Gasteiger partial charge in [0.25, 0.3) is 0 Å². The normalized spacial score (nSPS) is 15.4. The van der Waals surface area contributed by atoms with Crippen molar-refractivity contribution in [3.05, 3.63) is 46.5 Å². The fourth-order valence-electron chi connectivity index (χ4n) is 2.66. The van der Waals surface area contributed by atoms with E-state index in [-0.39, 0.29) is 0 Å². The molecule has 0 saturated carbocycles. The van der Waals surface area contributed by atoms with Crippen molar-refractivity contribution >= 4 is 21.6 Å². The number of rotatable bonds is 4. The second kappa shape index (κ2) is 6.62. The van der Waals surface area contributed by atoms with Crippen LogP contribution >= 0.6 is 15.9 Å². The molecule has 1 fully saturated rings. The molecular weight excluding hydrogens is 330 g/mol. The molecule has 2 heterocycles. The number of benzene rings is 1. The first kappa shape index (κ1) is 14.6. The number of hydrogen-bond donors (Lipinski definition) is 0. The summed E-state index contributed by atoms with van der Waals surface area (Å²) >= 11 is 3.71. The highest BCUT2D eigenvalue weighted by Gasteiger charge is 2.13. The van der Waals surface area contributed by atoms with Crippen LogP contribution in [0.25, 0.3) is 0 Å². The summed E-state index contributed by atoms with van der Waals surface area (Å²) in [6, 6.07) is 6.62. The van der Waals surface area contributed by atoms with E-state index in [1.165, 1.54) is 11.3 Å². The van der Waals surface area contributed by atoms with Gasteiger partial charge in [0.1, 0.15) is 5.82 Å². The molecule has 112 valence electrons. The zero-order valence-electron chi connectivity index (χ0n) is 12.3. The minimum Gasteiger partial charge on any atom is -0.378 e. The molecule has 21 heavy (non-hydrogen) atoms. The Morgan fingerprint density at radius 3 is 2.81 bits per heavy atom. The molecule has 0 aliphatic carbocycles. The van der Waals surface area contributed by atoms with Crippen molar-refractivity contribution in [2.24, 2.45) is 0 Å². The molecule has 0 spiro atoms. The summed E-state index contributed by atoms with van der Waals surface area (Å²) < 4.78 is 8.76. The molecule has 0 unspecified atom stereocenters. The monoisotopic (exact) mass is 349 g/mol. The van der Waals surface area contributed by atoms with E-state index < -0.39 is 0 Å². The third-order valence-electron chi connectivity index (χ3n) is 3.87. The zero-order chi connectivity index (χ0) is 14.7. The molecule has 2 aromatic rings. The van der Waals surface area contributed by atoms with Crippen molar-refractivity contribution in [2.75, 3.05) is 31.2 Å². The van der Waals surface area contributed by atoms with E-state index in [1.54, 1.807) is 0 Å². The number of ether oxygens (including phenoxy) is 1. The molecule has 0 atom stereocenters. The van der Waals surface area contributed by atoms with E-state index in [9.17, 15) is 0 Å². The van der Waals surface area contributed by atoms with Gasteiger partial charge in [-0.3, -0.25) is 0 Å². The van der Waals surface area contributed by atoms with Gasteiger partial charge in [-0.2, -0.15) is 0 Å². The lowest BCUT2D eigenvalue weighted by molar-refractivity contribution is 0.122. The standard InChI is InChI=1S/C16H20BrN3O/c1-2-16-18-5-6-20(16)12-13-3-4-14(11-15(13)17)19-7-9-21-10-8-19/h3-6,11H,2,7-10,12H2,1H3. The molecule has 5 heteroatoms. The third-order valence-corrected chi connectivity index (χ3v) is 4.61. The summed E-state index contributed by atoms with van der Waals surface area (Å²) in [5.74, 6) is 1.12. The molecule has 0 radical (unpaired) electrons.